The summed E-state index contributed by atoms with van der Waals surface area (Å²) < 4.78 is 32.3. The molecule has 6 aromatic rings. The van der Waals surface area contributed by atoms with Crippen molar-refractivity contribution >= 4 is 44.4 Å². The highest BCUT2D eigenvalue weighted by atomic mass is 32.2. The van der Waals surface area contributed by atoms with Crippen molar-refractivity contribution in [3.63, 3.8) is 0 Å². The summed E-state index contributed by atoms with van der Waals surface area (Å²) in [7, 11) is -2.08. The molecule has 17 nitrogen and oxygen atoms in total. The summed E-state index contributed by atoms with van der Waals surface area (Å²) in [6.45, 7) is 8.90. The lowest BCUT2D eigenvalue weighted by Gasteiger charge is -2.10. The molecule has 0 aliphatic heterocycles. The van der Waals surface area contributed by atoms with E-state index in [-0.39, 0.29) is 29.3 Å². The van der Waals surface area contributed by atoms with Gasteiger partial charge in [0.2, 0.25) is 21.7 Å². The van der Waals surface area contributed by atoms with Crippen molar-refractivity contribution in [3.8, 4) is 6.01 Å². The van der Waals surface area contributed by atoms with Gasteiger partial charge in [0.15, 0.2) is 11.3 Å². The summed E-state index contributed by atoms with van der Waals surface area (Å²) in [5.41, 5.74) is 11.2. The van der Waals surface area contributed by atoms with Gasteiger partial charge in [-0.25, -0.2) is 8.42 Å². The molecule has 0 atom stereocenters. The molecule has 50 heavy (non-hydrogen) atoms. The van der Waals surface area contributed by atoms with Gasteiger partial charge in [-0.1, -0.05) is 52.0 Å². The van der Waals surface area contributed by atoms with Gasteiger partial charge < -0.3 is 21.1 Å². The molecule has 6 rings (SSSR count). The van der Waals surface area contributed by atoms with Gasteiger partial charge in [-0.15, -0.1) is 0 Å². The second kappa shape index (κ2) is 14.7. The molecule has 0 unspecified atom stereocenters. The van der Waals surface area contributed by atoms with Crippen molar-refractivity contribution in [1.29, 1.82) is 0 Å². The van der Waals surface area contributed by atoms with Crippen LogP contribution in [0.25, 0.3) is 11.3 Å². The molecule has 0 aliphatic carbocycles. The van der Waals surface area contributed by atoms with E-state index in [1.165, 1.54) is 16.6 Å². The summed E-state index contributed by atoms with van der Waals surface area (Å²) in [6.07, 6.45) is 4.48. The Kier molecular flexibility index (Phi) is 10.4. The first kappa shape index (κ1) is 35.4. The van der Waals surface area contributed by atoms with E-state index in [0.717, 1.165) is 34.3 Å². The van der Waals surface area contributed by atoms with E-state index in [9.17, 15) is 18.5 Å². The van der Waals surface area contributed by atoms with Crippen molar-refractivity contribution in [2.75, 3.05) is 29.7 Å². The Hall–Kier alpha value is -5.91. The zero-order valence-electron chi connectivity index (χ0n) is 28.4. The number of nitrogens with one attached hydrogen (secondary N) is 2. The first-order chi connectivity index (χ1) is 23.7. The van der Waals surface area contributed by atoms with Gasteiger partial charge in [0.25, 0.3) is 10.8 Å². The summed E-state index contributed by atoms with van der Waals surface area (Å²) in [4.78, 5) is 27.4. The predicted molar refractivity (Wildman–Crippen MR) is 188 cm³/mol. The first-order valence-electron chi connectivity index (χ1n) is 15.6. The Morgan fingerprint density at radius 3 is 1.90 bits per heavy atom. The lowest BCUT2D eigenvalue weighted by Crippen LogP contribution is -2.13. The predicted octanol–water partition coefficient (Wildman–Crippen LogP) is 4.62. The number of methoxy groups -OCH3 is 1. The second-order valence-electron chi connectivity index (χ2n) is 12.0. The van der Waals surface area contributed by atoms with Gasteiger partial charge in [-0.2, -0.15) is 39.2 Å². The monoisotopic (exact) mass is 702 g/mol. The topological polar surface area (TPSA) is 223 Å². The molecule has 0 radical (unpaired) electrons. The lowest BCUT2D eigenvalue weighted by atomic mass is 10.1. The Morgan fingerprint density at radius 1 is 0.840 bits per heavy atom. The van der Waals surface area contributed by atoms with Crippen molar-refractivity contribution in [1.82, 2.24) is 39.2 Å². The lowest BCUT2D eigenvalue weighted by molar-refractivity contribution is -0.384. The van der Waals surface area contributed by atoms with Crippen LogP contribution in [-0.4, -0.2) is 65.9 Å². The number of ether oxygens (including phenoxy) is 1. The maximum atomic E-state index is 12.0. The number of sulfone groups is 1. The van der Waals surface area contributed by atoms with Crippen molar-refractivity contribution in [2.45, 2.75) is 57.8 Å². The molecular formula is C32H38N12O5S. The van der Waals surface area contributed by atoms with Gasteiger partial charge in [0, 0.05) is 48.3 Å². The van der Waals surface area contributed by atoms with Crippen LogP contribution in [0.2, 0.25) is 0 Å². The average Bonchev–Trinajstić information content (AvgIpc) is 3.71. The van der Waals surface area contributed by atoms with E-state index in [4.69, 9.17) is 10.5 Å². The van der Waals surface area contributed by atoms with E-state index in [1.807, 2.05) is 44.3 Å². The van der Waals surface area contributed by atoms with Crippen LogP contribution in [-0.2, 0) is 22.9 Å². The van der Waals surface area contributed by atoms with E-state index in [0.29, 0.717) is 35.6 Å². The molecule has 0 bridgehead atoms. The van der Waals surface area contributed by atoms with Crippen LogP contribution >= 0.6 is 0 Å². The molecule has 4 heterocycles. The molecule has 18 heteroatoms. The van der Waals surface area contributed by atoms with Gasteiger partial charge in [0.05, 0.1) is 24.4 Å². The molecular weight excluding hydrogens is 664 g/mol. The number of nitrogens with two attached hydrogens (primary N) is 1. The normalized spacial score (nSPS) is 11.5. The number of fused-ring (bicyclic) bond motifs is 2. The molecule has 2 aromatic carbocycles. The Labute approximate surface area is 288 Å². The molecule has 0 saturated heterocycles. The average molecular weight is 703 g/mol. The van der Waals surface area contributed by atoms with Crippen molar-refractivity contribution in [3.05, 3.63) is 93.3 Å². The first-order valence-corrected chi connectivity index (χ1v) is 17.4. The maximum Gasteiger partial charge on any atom is 0.321 e. The zero-order valence-corrected chi connectivity index (χ0v) is 29.2. The van der Waals surface area contributed by atoms with Crippen LogP contribution in [0.1, 0.15) is 61.8 Å². The molecule has 4 N–H and O–H groups in total. The van der Waals surface area contributed by atoms with Crippen LogP contribution in [0, 0.1) is 10.1 Å². The quantitative estimate of drug-likeness (QED) is 0.0952. The Morgan fingerprint density at radius 2 is 1.38 bits per heavy atom. The molecule has 262 valence electrons. The molecule has 0 spiro atoms. The fourth-order valence-corrected chi connectivity index (χ4v) is 5.40. The molecule has 0 fully saturated rings. The van der Waals surface area contributed by atoms with Crippen LogP contribution < -0.4 is 21.1 Å². The number of nitro benzene ring substituents is 1. The SMILES string of the molecule is CC(C)c1cnn2c(NCc3cccc([N+](=O)[O-])c3)nc(S(C)(=O)=O)nc12.COc1nc(NCc2cccc(N)c2)n2ncc(C(C)C)c2n1. The van der Waals surface area contributed by atoms with Crippen molar-refractivity contribution in [2.24, 2.45) is 0 Å². The number of aromatic nitrogens is 8. The number of rotatable bonds is 11. The minimum Gasteiger partial charge on any atom is -0.467 e. The molecule has 0 amide bonds. The van der Waals surface area contributed by atoms with E-state index < -0.39 is 14.8 Å². The van der Waals surface area contributed by atoms with Crippen LogP contribution in [0.5, 0.6) is 6.01 Å². The van der Waals surface area contributed by atoms with E-state index >= 15 is 0 Å². The number of benzene rings is 2. The smallest absolute Gasteiger partial charge is 0.321 e. The third-order valence-electron chi connectivity index (χ3n) is 7.48. The highest BCUT2D eigenvalue weighted by molar-refractivity contribution is 7.90. The molecule has 0 saturated carbocycles. The number of nitrogens with zero attached hydrogens (tertiary/aromatic N) is 9. The summed E-state index contributed by atoms with van der Waals surface area (Å²) in [5.74, 6) is 1.18. The second-order valence-corrected chi connectivity index (χ2v) is 13.9. The standard InChI is InChI=1S/C16H18N6O4S.C16H20N6O/c1-10(2)13-9-18-21-14(13)19-16(27(3,25)26)20-15(21)17-8-11-5-4-6-12(7-11)22(23)24;1-10(2)13-9-19-22-14(13)20-16(23-3)21-15(22)18-8-11-5-4-6-12(17)7-11/h4-7,9-10H,8H2,1-3H3,(H,17,19,20);4-7,9-10H,8,17H2,1-3H3,(H,18,20,21). The van der Waals surface area contributed by atoms with Crippen LogP contribution in [0.4, 0.5) is 23.3 Å². The molecule has 0 aliphatic rings. The Balaban J connectivity index is 0.000000197. The van der Waals surface area contributed by atoms with E-state index in [1.54, 1.807) is 30.0 Å². The number of non-ortho nitro benzene ring substituents is 1. The minimum atomic E-state index is -3.63. The zero-order chi connectivity index (χ0) is 36.2. The largest absolute Gasteiger partial charge is 0.467 e. The number of nitrogen functional groups attached to an aromatic ring is 1. The minimum absolute atomic E-state index is 0.0276. The summed E-state index contributed by atoms with van der Waals surface area (Å²) >= 11 is 0. The maximum absolute atomic E-state index is 12.0. The highest BCUT2D eigenvalue weighted by Crippen LogP contribution is 2.24. The third-order valence-corrected chi connectivity index (χ3v) is 8.33. The van der Waals surface area contributed by atoms with Crippen LogP contribution in [0.3, 0.4) is 0 Å². The van der Waals surface area contributed by atoms with Gasteiger partial charge >= 0.3 is 6.01 Å². The van der Waals surface area contributed by atoms with Gasteiger partial charge in [0.1, 0.15) is 0 Å². The van der Waals surface area contributed by atoms with E-state index in [2.05, 4.69) is 54.6 Å². The highest BCUT2D eigenvalue weighted by Gasteiger charge is 2.20. The van der Waals surface area contributed by atoms with Crippen LogP contribution in [0.15, 0.2) is 66.1 Å². The summed E-state index contributed by atoms with van der Waals surface area (Å²) in [5, 5.41) is 25.5. The summed E-state index contributed by atoms with van der Waals surface area (Å²) in [6, 6.07) is 14.2. The van der Waals surface area contributed by atoms with Gasteiger partial charge in [-0.3, -0.25) is 10.1 Å². The number of hydrogen-bond acceptors (Lipinski definition) is 14. The fraction of sp³-hybridized carbons (Fsp3) is 0.312. The van der Waals surface area contributed by atoms with Crippen molar-refractivity contribution < 1.29 is 18.1 Å². The Bertz CT molecular complexity index is 2270. The number of anilines is 3. The van der Waals surface area contributed by atoms with Gasteiger partial charge in [-0.05, 0) is 35.1 Å². The number of hydrogen-bond donors (Lipinski definition) is 3. The third kappa shape index (κ3) is 8.03. The number of nitro groups is 1. The fourth-order valence-electron chi connectivity index (χ4n) is 4.90. The molecule has 4 aromatic heterocycles.